The predicted molar refractivity (Wildman–Crippen MR) is 58.3 cm³/mol. The molecule has 2 aromatic carbocycles. The molecule has 1 nitrogen and oxygen atoms in total. The first-order chi connectivity index (χ1) is 7.25. The second-order valence-electron chi connectivity index (χ2n) is 3.10. The number of hydrogen-bond acceptors (Lipinski definition) is 1. The third-order valence-electron chi connectivity index (χ3n) is 1.94. The standard InChI is InChI=1S/C12H8BFO/c13-11-6-1-2-7-12(11)15-10-5-3-4-9(14)8-10/h1-8H. The van der Waals surface area contributed by atoms with Gasteiger partial charge < -0.3 is 4.74 Å². The van der Waals surface area contributed by atoms with E-state index in [0.29, 0.717) is 17.0 Å². The zero-order chi connectivity index (χ0) is 10.7. The lowest BCUT2D eigenvalue weighted by Crippen LogP contribution is -2.05. The predicted octanol–water partition coefficient (Wildman–Crippen LogP) is 2.41. The fraction of sp³-hybridized carbons (Fsp3) is 0. The summed E-state index contributed by atoms with van der Waals surface area (Å²) in [6, 6.07) is 13.0. The highest BCUT2D eigenvalue weighted by Crippen LogP contribution is 2.19. The van der Waals surface area contributed by atoms with Gasteiger partial charge in [0.1, 0.15) is 25.2 Å². The van der Waals surface area contributed by atoms with Gasteiger partial charge in [-0.3, -0.25) is 0 Å². The van der Waals surface area contributed by atoms with Crippen molar-refractivity contribution in [3.63, 3.8) is 0 Å². The van der Waals surface area contributed by atoms with Crippen molar-refractivity contribution in [2.24, 2.45) is 0 Å². The highest BCUT2D eigenvalue weighted by Gasteiger charge is 2.00. The molecule has 0 bridgehead atoms. The van der Waals surface area contributed by atoms with E-state index in [4.69, 9.17) is 12.6 Å². The summed E-state index contributed by atoms with van der Waals surface area (Å²) in [5.74, 6) is 0.637. The molecule has 2 rings (SSSR count). The monoisotopic (exact) mass is 198 g/mol. The van der Waals surface area contributed by atoms with Gasteiger partial charge in [-0.2, -0.15) is 0 Å². The van der Waals surface area contributed by atoms with Crippen LogP contribution in [-0.2, 0) is 0 Å². The molecule has 0 fully saturated rings. The van der Waals surface area contributed by atoms with Crippen LogP contribution in [0.5, 0.6) is 11.5 Å². The third kappa shape index (κ3) is 2.37. The van der Waals surface area contributed by atoms with E-state index in [1.165, 1.54) is 12.1 Å². The number of benzene rings is 2. The average molecular weight is 198 g/mol. The highest BCUT2D eigenvalue weighted by atomic mass is 19.1. The molecule has 0 unspecified atom stereocenters. The fourth-order valence-corrected chi connectivity index (χ4v) is 1.23. The van der Waals surface area contributed by atoms with Gasteiger partial charge in [0.2, 0.25) is 0 Å². The molecule has 0 aliphatic carbocycles. The van der Waals surface area contributed by atoms with Crippen LogP contribution in [0, 0.1) is 5.82 Å². The fourth-order valence-electron chi connectivity index (χ4n) is 1.23. The van der Waals surface area contributed by atoms with E-state index in [9.17, 15) is 4.39 Å². The molecule has 0 heterocycles. The molecule has 0 aliphatic rings. The highest BCUT2D eigenvalue weighted by molar-refractivity contribution is 6.34. The van der Waals surface area contributed by atoms with Gasteiger partial charge in [-0.05, 0) is 18.2 Å². The van der Waals surface area contributed by atoms with Crippen LogP contribution in [0.2, 0.25) is 0 Å². The summed E-state index contributed by atoms with van der Waals surface area (Å²) in [4.78, 5) is 0. The molecule has 0 aromatic heterocycles. The molecule has 2 aromatic rings. The number of rotatable bonds is 2. The molecule has 3 heteroatoms. The largest absolute Gasteiger partial charge is 0.458 e. The zero-order valence-electron chi connectivity index (χ0n) is 7.98. The Morgan fingerprint density at radius 3 is 2.53 bits per heavy atom. The Kier molecular flexibility index (Phi) is 2.72. The molecular formula is C12H8BFO. The summed E-state index contributed by atoms with van der Waals surface area (Å²) in [7, 11) is 5.69. The lowest BCUT2D eigenvalue weighted by atomic mass is 9.95. The van der Waals surface area contributed by atoms with Crippen LogP contribution in [0.4, 0.5) is 4.39 Å². The van der Waals surface area contributed by atoms with Crippen molar-refractivity contribution < 1.29 is 9.13 Å². The summed E-state index contributed by atoms with van der Waals surface area (Å²) < 4.78 is 18.3. The molecule has 0 N–H and O–H groups in total. The summed E-state index contributed by atoms with van der Waals surface area (Å²) in [6.45, 7) is 0. The van der Waals surface area contributed by atoms with Crippen molar-refractivity contribution in [3.05, 3.63) is 54.3 Å². The Hall–Kier alpha value is -1.77. The van der Waals surface area contributed by atoms with Crippen molar-refractivity contribution in [1.29, 1.82) is 0 Å². The first-order valence-corrected chi connectivity index (χ1v) is 4.53. The van der Waals surface area contributed by atoms with Crippen molar-refractivity contribution in [2.45, 2.75) is 0 Å². The van der Waals surface area contributed by atoms with Crippen LogP contribution in [0.25, 0.3) is 0 Å². The first kappa shape index (κ1) is 9.78. The maximum atomic E-state index is 12.9. The number of halogens is 1. The summed E-state index contributed by atoms with van der Waals surface area (Å²) in [5, 5.41) is 0. The van der Waals surface area contributed by atoms with E-state index in [0.717, 1.165) is 0 Å². The maximum Gasteiger partial charge on any atom is 0.130 e. The Morgan fingerprint density at radius 2 is 1.80 bits per heavy atom. The topological polar surface area (TPSA) is 9.23 Å². The quantitative estimate of drug-likeness (QED) is 0.673. The minimum atomic E-state index is -0.331. The molecule has 0 atom stereocenters. The molecule has 0 amide bonds. The van der Waals surface area contributed by atoms with Gasteiger partial charge in [0.15, 0.2) is 0 Å². The summed E-state index contributed by atoms with van der Waals surface area (Å²) in [6.07, 6.45) is 0. The zero-order valence-corrected chi connectivity index (χ0v) is 7.98. The Balaban J connectivity index is 2.26. The maximum absolute atomic E-state index is 12.9. The Morgan fingerprint density at radius 1 is 1.00 bits per heavy atom. The molecule has 0 saturated heterocycles. The molecule has 15 heavy (non-hydrogen) atoms. The van der Waals surface area contributed by atoms with E-state index in [1.54, 1.807) is 24.3 Å². The minimum Gasteiger partial charge on any atom is -0.458 e. The summed E-state index contributed by atoms with van der Waals surface area (Å²) >= 11 is 0. The van der Waals surface area contributed by atoms with E-state index in [2.05, 4.69) is 0 Å². The average Bonchev–Trinajstić information content (AvgIpc) is 2.22. The van der Waals surface area contributed by atoms with Crippen LogP contribution < -0.4 is 10.2 Å². The van der Waals surface area contributed by atoms with Crippen LogP contribution in [0.1, 0.15) is 0 Å². The van der Waals surface area contributed by atoms with Crippen LogP contribution in [0.3, 0.4) is 0 Å². The van der Waals surface area contributed by atoms with E-state index >= 15 is 0 Å². The van der Waals surface area contributed by atoms with E-state index < -0.39 is 0 Å². The second-order valence-corrected chi connectivity index (χ2v) is 3.10. The van der Waals surface area contributed by atoms with Gasteiger partial charge in [-0.1, -0.05) is 29.7 Å². The second kappa shape index (κ2) is 4.17. The minimum absolute atomic E-state index is 0.331. The van der Waals surface area contributed by atoms with Gasteiger partial charge in [-0.25, -0.2) is 4.39 Å². The lowest BCUT2D eigenvalue weighted by Gasteiger charge is -2.08. The third-order valence-corrected chi connectivity index (χ3v) is 1.94. The number of hydrogen-bond donors (Lipinski definition) is 0. The number of para-hydroxylation sites is 1. The Labute approximate surface area is 88.9 Å². The van der Waals surface area contributed by atoms with Gasteiger partial charge in [0, 0.05) is 6.07 Å². The lowest BCUT2D eigenvalue weighted by molar-refractivity contribution is 0.480. The van der Waals surface area contributed by atoms with Gasteiger partial charge >= 0.3 is 0 Å². The smallest absolute Gasteiger partial charge is 0.130 e. The molecule has 0 spiro atoms. The van der Waals surface area contributed by atoms with Crippen LogP contribution >= 0.6 is 0 Å². The van der Waals surface area contributed by atoms with Crippen molar-refractivity contribution in [3.8, 4) is 11.5 Å². The van der Waals surface area contributed by atoms with E-state index in [-0.39, 0.29) is 5.82 Å². The summed E-state index contributed by atoms with van der Waals surface area (Å²) in [5.41, 5.74) is 0.529. The normalized spacial score (nSPS) is 9.93. The SMILES string of the molecule is [B]c1ccccc1Oc1cccc(F)c1. The molecule has 2 radical (unpaired) electrons. The molecule has 0 aliphatic heterocycles. The molecule has 72 valence electrons. The van der Waals surface area contributed by atoms with Gasteiger partial charge in [-0.15, -0.1) is 0 Å². The van der Waals surface area contributed by atoms with Crippen molar-refractivity contribution in [2.75, 3.05) is 0 Å². The number of ether oxygens (including phenoxy) is 1. The molecule has 0 saturated carbocycles. The molecular weight excluding hydrogens is 190 g/mol. The van der Waals surface area contributed by atoms with Crippen molar-refractivity contribution >= 4 is 13.3 Å². The van der Waals surface area contributed by atoms with Crippen LogP contribution in [0.15, 0.2) is 48.5 Å². The van der Waals surface area contributed by atoms with Gasteiger partial charge in [0.05, 0.1) is 0 Å². The van der Waals surface area contributed by atoms with E-state index in [1.807, 2.05) is 12.1 Å². The van der Waals surface area contributed by atoms with Crippen LogP contribution in [-0.4, -0.2) is 7.85 Å². The van der Waals surface area contributed by atoms with Gasteiger partial charge in [0.25, 0.3) is 0 Å². The Bertz CT molecular complexity index is 471. The first-order valence-electron chi connectivity index (χ1n) is 4.53. The van der Waals surface area contributed by atoms with Crippen molar-refractivity contribution in [1.82, 2.24) is 0 Å².